The first kappa shape index (κ1) is 15.4. The Hall–Kier alpha value is -2.10. The maximum atomic E-state index is 4.82. The largest absolute Gasteiger partial charge is 0.367 e. The quantitative estimate of drug-likeness (QED) is 0.832. The monoisotopic (exact) mass is 322 g/mol. The van der Waals surface area contributed by atoms with Gasteiger partial charge in [-0.1, -0.05) is 43.9 Å². The smallest absolute Gasteiger partial charge is 0.231 e. The Morgan fingerprint density at radius 2 is 1.79 bits per heavy atom. The van der Waals surface area contributed by atoms with Gasteiger partial charge in [-0.15, -0.1) is 0 Å². The lowest BCUT2D eigenvalue weighted by atomic mass is 10.0. The van der Waals surface area contributed by atoms with Crippen molar-refractivity contribution in [3.05, 3.63) is 42.1 Å². The number of aryl methyl sites for hydroxylation is 1. The van der Waals surface area contributed by atoms with Crippen LogP contribution in [0, 0.1) is 0 Å². The van der Waals surface area contributed by atoms with E-state index in [-0.39, 0.29) is 0 Å². The molecule has 4 rings (SSSR count). The van der Waals surface area contributed by atoms with Gasteiger partial charge in [-0.25, -0.2) is 4.98 Å². The van der Waals surface area contributed by atoms with Crippen molar-refractivity contribution in [3.63, 3.8) is 0 Å². The van der Waals surface area contributed by atoms with E-state index >= 15 is 0 Å². The third-order valence-electron chi connectivity index (χ3n) is 5.20. The summed E-state index contributed by atoms with van der Waals surface area (Å²) in [6.07, 6.45) is 12.1. The molecule has 0 bridgehead atoms. The fourth-order valence-corrected chi connectivity index (χ4v) is 3.93. The summed E-state index contributed by atoms with van der Waals surface area (Å²) in [6, 6.07) is 11.2. The minimum absolute atomic E-state index is 0.559. The second-order valence-electron chi connectivity index (χ2n) is 6.96. The second kappa shape index (κ2) is 7.20. The van der Waals surface area contributed by atoms with E-state index in [4.69, 9.17) is 4.98 Å². The number of nitrogens with zero attached hydrogens (tertiary/aromatic N) is 3. The number of para-hydroxylation sites is 1. The van der Waals surface area contributed by atoms with Crippen molar-refractivity contribution in [2.45, 2.75) is 57.4 Å². The van der Waals surface area contributed by atoms with Gasteiger partial charge in [0.15, 0.2) is 0 Å². The van der Waals surface area contributed by atoms with Crippen LogP contribution >= 0.6 is 0 Å². The van der Waals surface area contributed by atoms with E-state index in [0.717, 1.165) is 31.2 Å². The molecule has 1 aromatic carbocycles. The highest BCUT2D eigenvalue weighted by Crippen LogP contribution is 2.31. The Labute approximate surface area is 144 Å². The van der Waals surface area contributed by atoms with E-state index in [1.165, 1.54) is 49.8 Å². The minimum Gasteiger partial charge on any atom is -0.367 e. The molecule has 1 fully saturated rings. The van der Waals surface area contributed by atoms with Crippen LogP contribution in [0.25, 0.3) is 0 Å². The first-order valence-corrected chi connectivity index (χ1v) is 9.35. The van der Waals surface area contributed by atoms with Crippen LogP contribution in [0.15, 0.2) is 36.5 Å². The minimum atomic E-state index is 0.559. The molecule has 0 saturated heterocycles. The average molecular weight is 322 g/mol. The molecule has 2 aliphatic rings. The zero-order valence-corrected chi connectivity index (χ0v) is 14.2. The first-order chi connectivity index (χ1) is 11.9. The van der Waals surface area contributed by atoms with Crippen molar-refractivity contribution in [3.8, 4) is 0 Å². The summed E-state index contributed by atoms with van der Waals surface area (Å²) in [5, 5.41) is 3.65. The predicted octanol–water partition coefficient (Wildman–Crippen LogP) is 4.70. The number of nitrogens with one attached hydrogen (secondary N) is 1. The fraction of sp³-hybridized carbons (Fsp3) is 0.500. The Kier molecular flexibility index (Phi) is 4.63. The molecule has 24 heavy (non-hydrogen) atoms. The molecule has 0 radical (unpaired) electrons. The second-order valence-corrected chi connectivity index (χ2v) is 6.96. The summed E-state index contributed by atoms with van der Waals surface area (Å²) in [5.41, 5.74) is 2.66. The first-order valence-electron chi connectivity index (χ1n) is 9.35. The molecule has 0 atom stereocenters. The molecular formula is C20H26N4. The van der Waals surface area contributed by atoms with Crippen molar-refractivity contribution >= 4 is 17.5 Å². The van der Waals surface area contributed by atoms with Crippen molar-refractivity contribution in [2.75, 3.05) is 16.8 Å². The van der Waals surface area contributed by atoms with E-state index in [0.29, 0.717) is 6.04 Å². The molecule has 1 aliphatic heterocycles. The highest BCUT2D eigenvalue weighted by Gasteiger charge is 2.20. The van der Waals surface area contributed by atoms with E-state index in [1.807, 2.05) is 12.3 Å². The molecule has 1 N–H and O–H groups in total. The van der Waals surface area contributed by atoms with Crippen molar-refractivity contribution in [1.29, 1.82) is 0 Å². The molecule has 4 heteroatoms. The summed E-state index contributed by atoms with van der Waals surface area (Å²) >= 11 is 0. The number of rotatable bonds is 3. The normalized spacial score (nSPS) is 18.8. The number of fused-ring (bicyclic) bond motifs is 1. The van der Waals surface area contributed by atoms with Crippen molar-refractivity contribution < 1.29 is 0 Å². The van der Waals surface area contributed by atoms with Gasteiger partial charge >= 0.3 is 0 Å². The Morgan fingerprint density at radius 1 is 0.958 bits per heavy atom. The van der Waals surface area contributed by atoms with Crippen LogP contribution in [0.3, 0.4) is 0 Å². The maximum absolute atomic E-state index is 4.82. The molecular weight excluding hydrogens is 296 g/mol. The SMILES string of the molecule is c1ccc2c(c1)CCCN2c1nccc(NC2CCCCCC2)n1. The van der Waals surface area contributed by atoms with Crippen LogP contribution in [-0.2, 0) is 6.42 Å². The molecule has 2 aromatic rings. The number of anilines is 3. The molecule has 0 unspecified atom stereocenters. The lowest BCUT2D eigenvalue weighted by Gasteiger charge is -2.29. The number of hydrogen-bond donors (Lipinski definition) is 1. The zero-order valence-electron chi connectivity index (χ0n) is 14.2. The summed E-state index contributed by atoms with van der Waals surface area (Å²) in [4.78, 5) is 11.6. The lowest BCUT2D eigenvalue weighted by molar-refractivity contribution is 0.617. The highest BCUT2D eigenvalue weighted by atomic mass is 15.3. The van der Waals surface area contributed by atoms with Gasteiger partial charge in [0.25, 0.3) is 0 Å². The third kappa shape index (κ3) is 3.37. The lowest BCUT2D eigenvalue weighted by Crippen LogP contribution is -2.27. The Balaban J connectivity index is 1.55. The van der Waals surface area contributed by atoms with E-state index < -0.39 is 0 Å². The standard InChI is InChI=1S/C20H26N4/c1-2-4-11-17(10-3-1)22-19-13-14-21-20(23-19)24-15-7-9-16-8-5-6-12-18(16)24/h5-6,8,12-14,17H,1-4,7,9-11,15H2,(H,21,22,23). The third-order valence-corrected chi connectivity index (χ3v) is 5.20. The van der Waals surface area contributed by atoms with Gasteiger partial charge in [0.2, 0.25) is 5.95 Å². The van der Waals surface area contributed by atoms with Crippen LogP contribution < -0.4 is 10.2 Å². The summed E-state index contributed by atoms with van der Waals surface area (Å²) in [7, 11) is 0. The molecule has 126 valence electrons. The van der Waals surface area contributed by atoms with Gasteiger partial charge in [-0.2, -0.15) is 4.98 Å². The van der Waals surface area contributed by atoms with Crippen LogP contribution in [0.1, 0.15) is 50.5 Å². The Morgan fingerprint density at radius 3 is 2.67 bits per heavy atom. The predicted molar refractivity (Wildman–Crippen MR) is 98.9 cm³/mol. The van der Waals surface area contributed by atoms with Gasteiger partial charge in [0.05, 0.1) is 0 Å². The van der Waals surface area contributed by atoms with Gasteiger partial charge < -0.3 is 10.2 Å². The van der Waals surface area contributed by atoms with Gasteiger partial charge in [0.1, 0.15) is 5.82 Å². The van der Waals surface area contributed by atoms with Gasteiger partial charge in [-0.3, -0.25) is 0 Å². The van der Waals surface area contributed by atoms with Crippen molar-refractivity contribution in [1.82, 2.24) is 9.97 Å². The topological polar surface area (TPSA) is 41.1 Å². The fourth-order valence-electron chi connectivity index (χ4n) is 3.93. The molecule has 4 nitrogen and oxygen atoms in total. The molecule has 0 spiro atoms. The highest BCUT2D eigenvalue weighted by molar-refractivity contribution is 5.64. The average Bonchev–Trinajstić information content (AvgIpc) is 2.90. The summed E-state index contributed by atoms with van der Waals surface area (Å²) in [6.45, 7) is 0.990. The molecule has 2 heterocycles. The molecule has 0 amide bonds. The summed E-state index contributed by atoms with van der Waals surface area (Å²) < 4.78 is 0. The van der Waals surface area contributed by atoms with Crippen LogP contribution in [0.5, 0.6) is 0 Å². The van der Waals surface area contributed by atoms with Crippen LogP contribution in [-0.4, -0.2) is 22.6 Å². The van der Waals surface area contributed by atoms with E-state index in [9.17, 15) is 0 Å². The molecule has 1 aliphatic carbocycles. The Bertz CT molecular complexity index is 677. The van der Waals surface area contributed by atoms with E-state index in [2.05, 4.69) is 39.5 Å². The van der Waals surface area contributed by atoms with Gasteiger partial charge in [0, 0.05) is 24.5 Å². The number of aromatic nitrogens is 2. The maximum Gasteiger partial charge on any atom is 0.231 e. The number of benzene rings is 1. The molecule has 1 saturated carbocycles. The van der Waals surface area contributed by atoms with Crippen LogP contribution in [0.2, 0.25) is 0 Å². The summed E-state index contributed by atoms with van der Waals surface area (Å²) in [5.74, 6) is 1.79. The van der Waals surface area contributed by atoms with Crippen LogP contribution in [0.4, 0.5) is 17.5 Å². The van der Waals surface area contributed by atoms with E-state index in [1.54, 1.807) is 0 Å². The van der Waals surface area contributed by atoms with Crippen molar-refractivity contribution in [2.24, 2.45) is 0 Å². The van der Waals surface area contributed by atoms with Gasteiger partial charge in [-0.05, 0) is 43.4 Å². The number of hydrogen-bond acceptors (Lipinski definition) is 4. The molecule has 1 aromatic heterocycles. The zero-order chi connectivity index (χ0) is 16.2.